The molecule has 3 rings (SSSR count). The number of carbonyl (C=O) groups is 1. The molecule has 6 nitrogen and oxygen atoms in total. The molecule has 0 aromatic heterocycles. The highest BCUT2D eigenvalue weighted by atomic mass is 32.2. The van der Waals surface area contributed by atoms with Gasteiger partial charge in [-0.2, -0.15) is 8.42 Å². The van der Waals surface area contributed by atoms with E-state index in [1.807, 2.05) is 6.92 Å². The molecule has 0 atom stereocenters. The highest BCUT2D eigenvalue weighted by molar-refractivity contribution is 7.85. The van der Waals surface area contributed by atoms with Crippen molar-refractivity contribution in [3.63, 3.8) is 0 Å². The first kappa shape index (κ1) is 21.9. The summed E-state index contributed by atoms with van der Waals surface area (Å²) in [5, 5.41) is 3.32. The highest BCUT2D eigenvalue weighted by Gasteiger charge is 2.20. The Morgan fingerprint density at radius 3 is 2.15 bits per heavy atom. The Balaban J connectivity index is 0.000000208. The number of esters is 1. The maximum atomic E-state index is 11.6. The fraction of sp³-hybridized carbons (Fsp3) is 0.650. The third-order valence-electron chi connectivity index (χ3n) is 5.06. The van der Waals surface area contributed by atoms with E-state index >= 15 is 0 Å². The largest absolute Gasteiger partial charge is 0.461 e. The van der Waals surface area contributed by atoms with E-state index in [1.165, 1.54) is 57.1 Å². The Labute approximate surface area is 162 Å². The molecule has 2 fully saturated rings. The lowest BCUT2D eigenvalue weighted by Crippen LogP contribution is -2.36. The average molecular weight is 398 g/mol. The number of benzene rings is 1. The van der Waals surface area contributed by atoms with Gasteiger partial charge in [-0.05, 0) is 57.6 Å². The van der Waals surface area contributed by atoms with E-state index in [-0.39, 0.29) is 17.0 Å². The zero-order chi connectivity index (χ0) is 19.7. The number of hydrogen-bond acceptors (Lipinski definition) is 5. The number of aryl methyl sites for hydroxylation is 1. The van der Waals surface area contributed by atoms with Gasteiger partial charge < -0.3 is 10.1 Å². The van der Waals surface area contributed by atoms with Crippen LogP contribution in [-0.4, -0.2) is 37.6 Å². The van der Waals surface area contributed by atoms with Crippen molar-refractivity contribution in [1.82, 2.24) is 5.32 Å². The highest BCUT2D eigenvalue weighted by Crippen LogP contribution is 2.21. The summed E-state index contributed by atoms with van der Waals surface area (Å²) in [6.45, 7) is 2.24. The van der Waals surface area contributed by atoms with Crippen LogP contribution in [0.1, 0.15) is 63.4 Å². The van der Waals surface area contributed by atoms with E-state index in [0.717, 1.165) is 18.4 Å². The van der Waals surface area contributed by atoms with Gasteiger partial charge in [0.1, 0.15) is 6.10 Å². The Morgan fingerprint density at radius 2 is 1.59 bits per heavy atom. The summed E-state index contributed by atoms with van der Waals surface area (Å²) in [6, 6.07) is 6.53. The normalized spacial score (nSPS) is 18.6. The average Bonchev–Trinajstić information content (AvgIpc) is 3.14. The van der Waals surface area contributed by atoms with Gasteiger partial charge in [0.25, 0.3) is 10.1 Å². The molecule has 7 heteroatoms. The van der Waals surface area contributed by atoms with E-state index in [4.69, 9.17) is 9.29 Å². The van der Waals surface area contributed by atoms with E-state index in [1.54, 1.807) is 12.1 Å². The minimum Gasteiger partial charge on any atom is -0.461 e. The maximum absolute atomic E-state index is 11.6. The van der Waals surface area contributed by atoms with E-state index < -0.39 is 10.1 Å². The summed E-state index contributed by atoms with van der Waals surface area (Å²) in [5.74, 6) is -0.0579. The third kappa shape index (κ3) is 8.41. The molecule has 2 aliphatic carbocycles. The molecule has 2 saturated carbocycles. The molecule has 27 heavy (non-hydrogen) atoms. The predicted octanol–water partition coefficient (Wildman–Crippen LogP) is 3.64. The smallest absolute Gasteiger partial charge is 0.320 e. The summed E-state index contributed by atoms with van der Waals surface area (Å²) in [7, 11) is -4.02. The van der Waals surface area contributed by atoms with Crippen molar-refractivity contribution in [3.8, 4) is 0 Å². The van der Waals surface area contributed by atoms with Crippen LogP contribution in [0, 0.1) is 6.92 Å². The summed E-state index contributed by atoms with van der Waals surface area (Å²) < 4.78 is 35.0. The van der Waals surface area contributed by atoms with Crippen LogP contribution in [-0.2, 0) is 19.6 Å². The quantitative estimate of drug-likeness (QED) is 0.582. The summed E-state index contributed by atoms with van der Waals surface area (Å²) >= 11 is 0. The molecule has 2 aliphatic rings. The number of rotatable bonds is 5. The Kier molecular flexibility index (Phi) is 8.73. The third-order valence-corrected chi connectivity index (χ3v) is 5.93. The minimum absolute atomic E-state index is 0.0579. The Hall–Kier alpha value is -1.44. The lowest BCUT2D eigenvalue weighted by molar-refractivity contribution is -0.147. The summed E-state index contributed by atoms with van der Waals surface area (Å²) in [5.41, 5.74) is 0.956. The summed E-state index contributed by atoms with van der Waals surface area (Å²) in [4.78, 5) is 11.5. The van der Waals surface area contributed by atoms with Gasteiger partial charge in [0.15, 0.2) is 0 Å². The first-order chi connectivity index (χ1) is 12.8. The van der Waals surface area contributed by atoms with Crippen molar-refractivity contribution in [1.29, 1.82) is 0 Å². The Morgan fingerprint density at radius 1 is 1.04 bits per heavy atom. The van der Waals surface area contributed by atoms with Crippen LogP contribution in [0.4, 0.5) is 0 Å². The van der Waals surface area contributed by atoms with Crippen molar-refractivity contribution >= 4 is 16.1 Å². The van der Waals surface area contributed by atoms with Gasteiger partial charge in [-0.15, -0.1) is 0 Å². The Bertz CT molecular complexity index is 675. The maximum Gasteiger partial charge on any atom is 0.320 e. The molecule has 0 amide bonds. The number of hydrogen-bond donors (Lipinski definition) is 2. The SMILES string of the molecule is Cc1ccc(S(=O)(=O)O)cc1.O=C(CNC1CCCCC1)OC1CCCC1. The first-order valence-corrected chi connectivity index (χ1v) is 11.3. The second-order valence-electron chi connectivity index (χ2n) is 7.40. The van der Waals surface area contributed by atoms with Crippen LogP contribution in [0.2, 0.25) is 0 Å². The predicted molar refractivity (Wildman–Crippen MR) is 104 cm³/mol. The minimum atomic E-state index is -4.02. The second-order valence-corrected chi connectivity index (χ2v) is 8.82. The molecule has 0 aliphatic heterocycles. The zero-order valence-electron chi connectivity index (χ0n) is 16.0. The summed E-state index contributed by atoms with van der Waals surface area (Å²) in [6.07, 6.45) is 11.2. The van der Waals surface area contributed by atoms with Crippen molar-refractivity contribution in [2.45, 2.75) is 81.8 Å². The van der Waals surface area contributed by atoms with Crippen molar-refractivity contribution < 1.29 is 22.5 Å². The molecule has 2 N–H and O–H groups in total. The van der Waals surface area contributed by atoms with Crippen LogP contribution in [0.3, 0.4) is 0 Å². The van der Waals surface area contributed by atoms with Crippen molar-refractivity contribution in [3.05, 3.63) is 29.8 Å². The molecule has 0 saturated heterocycles. The number of ether oxygens (including phenoxy) is 1. The van der Waals surface area contributed by atoms with E-state index in [0.29, 0.717) is 12.6 Å². The standard InChI is InChI=1S/C13H23NO2.C7H8O3S/c15-13(16-12-8-4-5-9-12)10-14-11-6-2-1-3-7-11;1-6-2-4-7(5-3-6)11(8,9)10/h11-12,14H,1-10H2;2-5H,1H3,(H,8,9,10). The van der Waals surface area contributed by atoms with Gasteiger partial charge in [-0.25, -0.2) is 0 Å². The van der Waals surface area contributed by atoms with Crippen LogP contribution in [0.5, 0.6) is 0 Å². The lowest BCUT2D eigenvalue weighted by Gasteiger charge is -2.22. The van der Waals surface area contributed by atoms with Gasteiger partial charge >= 0.3 is 5.97 Å². The molecule has 1 aromatic rings. The lowest BCUT2D eigenvalue weighted by atomic mass is 9.95. The van der Waals surface area contributed by atoms with Gasteiger partial charge in [-0.1, -0.05) is 37.0 Å². The fourth-order valence-electron chi connectivity index (χ4n) is 3.48. The first-order valence-electron chi connectivity index (χ1n) is 9.81. The van der Waals surface area contributed by atoms with Gasteiger partial charge in [0.05, 0.1) is 11.4 Å². The van der Waals surface area contributed by atoms with Crippen LogP contribution in [0.15, 0.2) is 29.2 Å². The monoisotopic (exact) mass is 397 g/mol. The molecule has 0 unspecified atom stereocenters. The van der Waals surface area contributed by atoms with Gasteiger partial charge in [0.2, 0.25) is 0 Å². The van der Waals surface area contributed by atoms with Crippen LogP contribution < -0.4 is 5.32 Å². The molecule has 0 radical (unpaired) electrons. The van der Waals surface area contributed by atoms with Crippen LogP contribution in [0.25, 0.3) is 0 Å². The molecular weight excluding hydrogens is 366 g/mol. The van der Waals surface area contributed by atoms with Crippen LogP contribution >= 0.6 is 0 Å². The van der Waals surface area contributed by atoms with Crippen molar-refractivity contribution in [2.75, 3.05) is 6.54 Å². The van der Waals surface area contributed by atoms with Gasteiger partial charge in [0, 0.05) is 6.04 Å². The molecule has 0 spiro atoms. The van der Waals surface area contributed by atoms with Crippen molar-refractivity contribution in [2.24, 2.45) is 0 Å². The molecular formula is C20H31NO5S. The van der Waals surface area contributed by atoms with E-state index in [9.17, 15) is 13.2 Å². The molecule has 152 valence electrons. The topological polar surface area (TPSA) is 92.7 Å². The molecule has 0 bridgehead atoms. The number of nitrogens with one attached hydrogen (secondary N) is 1. The van der Waals surface area contributed by atoms with Gasteiger partial charge in [-0.3, -0.25) is 9.35 Å². The second kappa shape index (κ2) is 10.8. The molecule has 1 aromatic carbocycles. The number of carbonyl (C=O) groups excluding carboxylic acids is 1. The fourth-order valence-corrected chi connectivity index (χ4v) is 3.96. The van der Waals surface area contributed by atoms with E-state index in [2.05, 4.69) is 5.32 Å². The molecule has 0 heterocycles. The zero-order valence-corrected chi connectivity index (χ0v) is 16.8.